The highest BCUT2D eigenvalue weighted by Gasteiger charge is 2.24. The molecule has 0 aromatic heterocycles. The van der Waals surface area contributed by atoms with Crippen LogP contribution in [-0.2, 0) is 0 Å². The Morgan fingerprint density at radius 2 is 0.697 bits per heavy atom. The topological polar surface area (TPSA) is 37.4 Å². The van der Waals surface area contributed by atoms with Crippen LogP contribution in [0.25, 0.3) is 0 Å². The molecule has 3 aromatic rings. The average molecular weight is 448 g/mol. The largest absolute Gasteiger partial charge is 0.494 e. The smallest absolute Gasteiger partial charge is 0.119 e. The van der Waals surface area contributed by atoms with Gasteiger partial charge in [0.2, 0.25) is 0 Å². The molecule has 0 aliphatic carbocycles. The molecular formula is C27H33N3O3. The lowest BCUT2D eigenvalue weighted by atomic mass is 10.2. The van der Waals surface area contributed by atoms with E-state index in [0.717, 1.165) is 54.3 Å². The second-order valence-electron chi connectivity index (χ2n) is 7.82. The minimum absolute atomic E-state index is 0.667. The molecule has 0 unspecified atom stereocenters. The number of benzene rings is 3. The van der Waals surface area contributed by atoms with Crippen molar-refractivity contribution >= 4 is 17.1 Å². The number of rotatable bonds is 9. The first-order valence-corrected chi connectivity index (χ1v) is 11.6. The van der Waals surface area contributed by atoms with Crippen LogP contribution in [0.5, 0.6) is 17.2 Å². The molecule has 1 fully saturated rings. The van der Waals surface area contributed by atoms with E-state index in [4.69, 9.17) is 14.2 Å². The van der Waals surface area contributed by atoms with Gasteiger partial charge in [-0.2, -0.15) is 0 Å². The van der Waals surface area contributed by atoms with Gasteiger partial charge in [0.1, 0.15) is 17.2 Å². The van der Waals surface area contributed by atoms with Gasteiger partial charge in [-0.3, -0.25) is 0 Å². The molecule has 1 heterocycles. The van der Waals surface area contributed by atoms with Crippen LogP contribution in [0.2, 0.25) is 0 Å². The maximum Gasteiger partial charge on any atom is 0.119 e. The third kappa shape index (κ3) is 5.64. The summed E-state index contributed by atoms with van der Waals surface area (Å²) in [5, 5.41) is 0. The van der Waals surface area contributed by atoms with E-state index in [1.54, 1.807) is 0 Å². The Bertz CT molecular complexity index is 853. The van der Waals surface area contributed by atoms with Gasteiger partial charge in [0.25, 0.3) is 0 Å². The highest BCUT2D eigenvalue weighted by molar-refractivity contribution is 5.60. The van der Waals surface area contributed by atoms with Gasteiger partial charge in [-0.05, 0) is 93.6 Å². The van der Waals surface area contributed by atoms with Gasteiger partial charge in [-0.25, -0.2) is 0 Å². The second kappa shape index (κ2) is 10.9. The third-order valence-corrected chi connectivity index (χ3v) is 5.56. The fraction of sp³-hybridized carbons (Fsp3) is 0.333. The van der Waals surface area contributed by atoms with Crippen molar-refractivity contribution in [1.29, 1.82) is 0 Å². The van der Waals surface area contributed by atoms with E-state index >= 15 is 0 Å². The second-order valence-corrected chi connectivity index (χ2v) is 7.82. The van der Waals surface area contributed by atoms with Crippen molar-refractivity contribution in [2.75, 3.05) is 54.5 Å². The number of ether oxygens (including phenoxy) is 3. The summed E-state index contributed by atoms with van der Waals surface area (Å²) in [6.07, 6.45) is 0. The molecule has 0 atom stereocenters. The highest BCUT2D eigenvalue weighted by Crippen LogP contribution is 2.29. The average Bonchev–Trinajstić information content (AvgIpc) is 2.86. The van der Waals surface area contributed by atoms with Crippen LogP contribution in [0.4, 0.5) is 17.1 Å². The summed E-state index contributed by atoms with van der Waals surface area (Å²) in [4.78, 5) is 7.10. The summed E-state index contributed by atoms with van der Waals surface area (Å²) in [6.45, 7) is 10.4. The molecule has 4 rings (SSSR count). The Labute approximate surface area is 196 Å². The lowest BCUT2D eigenvalue weighted by Gasteiger charge is -2.45. The Kier molecular flexibility index (Phi) is 7.45. The molecule has 3 aromatic carbocycles. The Hall–Kier alpha value is -3.54. The maximum atomic E-state index is 5.63. The lowest BCUT2D eigenvalue weighted by Crippen LogP contribution is -2.55. The van der Waals surface area contributed by atoms with Crippen LogP contribution in [0.3, 0.4) is 0 Å². The number of anilines is 3. The van der Waals surface area contributed by atoms with Gasteiger partial charge in [-0.1, -0.05) is 0 Å². The van der Waals surface area contributed by atoms with E-state index in [9.17, 15) is 0 Å². The molecule has 1 saturated heterocycles. The van der Waals surface area contributed by atoms with E-state index in [2.05, 4.69) is 51.1 Å². The first-order valence-electron chi connectivity index (χ1n) is 11.6. The van der Waals surface area contributed by atoms with Gasteiger partial charge < -0.3 is 28.9 Å². The minimum Gasteiger partial charge on any atom is -0.494 e. The predicted molar refractivity (Wildman–Crippen MR) is 135 cm³/mol. The SMILES string of the molecule is CCOc1ccc(N2CN(c3ccc(OCC)cc3)CN(c3ccc(OCC)cc3)C2)cc1. The number of hydrogen-bond donors (Lipinski definition) is 0. The molecule has 33 heavy (non-hydrogen) atoms. The third-order valence-electron chi connectivity index (χ3n) is 5.56. The minimum atomic E-state index is 0.667. The van der Waals surface area contributed by atoms with E-state index in [-0.39, 0.29) is 0 Å². The number of hydrogen-bond acceptors (Lipinski definition) is 6. The van der Waals surface area contributed by atoms with Crippen LogP contribution >= 0.6 is 0 Å². The van der Waals surface area contributed by atoms with Gasteiger partial charge >= 0.3 is 0 Å². The molecule has 0 saturated carbocycles. The summed E-state index contributed by atoms with van der Waals surface area (Å²) >= 11 is 0. The molecule has 0 amide bonds. The van der Waals surface area contributed by atoms with E-state index in [1.807, 2.05) is 57.2 Å². The van der Waals surface area contributed by atoms with Crippen LogP contribution in [0, 0.1) is 0 Å². The summed E-state index contributed by atoms with van der Waals surface area (Å²) in [6, 6.07) is 25.0. The van der Waals surface area contributed by atoms with Gasteiger partial charge in [0.15, 0.2) is 0 Å². The molecule has 1 aliphatic heterocycles. The summed E-state index contributed by atoms with van der Waals surface area (Å²) in [5.41, 5.74) is 3.47. The Morgan fingerprint density at radius 1 is 0.455 bits per heavy atom. The zero-order valence-electron chi connectivity index (χ0n) is 19.7. The van der Waals surface area contributed by atoms with Gasteiger partial charge in [0, 0.05) is 17.1 Å². The molecule has 0 spiro atoms. The lowest BCUT2D eigenvalue weighted by molar-refractivity contribution is 0.340. The van der Waals surface area contributed by atoms with Crippen LogP contribution in [0.15, 0.2) is 72.8 Å². The van der Waals surface area contributed by atoms with Crippen molar-refractivity contribution in [3.63, 3.8) is 0 Å². The molecule has 0 bridgehead atoms. The fourth-order valence-corrected chi connectivity index (χ4v) is 4.00. The summed E-state index contributed by atoms with van der Waals surface area (Å²) < 4.78 is 16.9. The molecule has 6 heteroatoms. The Morgan fingerprint density at radius 3 is 0.909 bits per heavy atom. The fourth-order valence-electron chi connectivity index (χ4n) is 4.00. The van der Waals surface area contributed by atoms with E-state index in [0.29, 0.717) is 19.8 Å². The first-order chi connectivity index (χ1) is 16.2. The summed E-state index contributed by atoms with van der Waals surface area (Å²) in [7, 11) is 0. The zero-order valence-corrected chi connectivity index (χ0v) is 19.7. The monoisotopic (exact) mass is 447 g/mol. The highest BCUT2D eigenvalue weighted by atomic mass is 16.5. The molecule has 174 valence electrons. The number of nitrogens with zero attached hydrogens (tertiary/aromatic N) is 3. The van der Waals surface area contributed by atoms with E-state index in [1.165, 1.54) is 0 Å². The van der Waals surface area contributed by atoms with Crippen molar-refractivity contribution < 1.29 is 14.2 Å². The van der Waals surface area contributed by atoms with Crippen molar-refractivity contribution in [2.45, 2.75) is 20.8 Å². The molecule has 6 nitrogen and oxygen atoms in total. The van der Waals surface area contributed by atoms with Gasteiger partial charge in [0.05, 0.1) is 39.8 Å². The first kappa shape index (κ1) is 22.6. The predicted octanol–water partition coefficient (Wildman–Crippen LogP) is 5.59. The van der Waals surface area contributed by atoms with Crippen molar-refractivity contribution in [3.05, 3.63) is 72.8 Å². The Balaban J connectivity index is 1.59. The van der Waals surface area contributed by atoms with Crippen LogP contribution in [-0.4, -0.2) is 39.8 Å². The molecule has 0 N–H and O–H groups in total. The van der Waals surface area contributed by atoms with Crippen LogP contribution in [0.1, 0.15) is 20.8 Å². The maximum absolute atomic E-state index is 5.63. The van der Waals surface area contributed by atoms with E-state index < -0.39 is 0 Å². The summed E-state index contributed by atoms with van der Waals surface area (Å²) in [5.74, 6) is 2.68. The van der Waals surface area contributed by atoms with Crippen molar-refractivity contribution in [1.82, 2.24) is 0 Å². The van der Waals surface area contributed by atoms with Gasteiger partial charge in [-0.15, -0.1) is 0 Å². The molecule has 1 aliphatic rings. The quantitative estimate of drug-likeness (QED) is 0.426. The van der Waals surface area contributed by atoms with Crippen LogP contribution < -0.4 is 28.9 Å². The molecular weight excluding hydrogens is 414 g/mol. The van der Waals surface area contributed by atoms with Crippen molar-refractivity contribution in [3.8, 4) is 17.2 Å². The molecule has 0 radical (unpaired) electrons. The zero-order chi connectivity index (χ0) is 23.0. The van der Waals surface area contributed by atoms with Crippen molar-refractivity contribution in [2.24, 2.45) is 0 Å². The normalized spacial score (nSPS) is 13.7. The standard InChI is InChI=1S/C27H33N3O3/c1-4-31-25-13-7-22(8-14-25)28-19-29(23-9-15-26(16-10-23)32-5-2)21-30(20-28)24-11-17-27(18-12-24)33-6-3/h7-18H,4-6,19-21H2,1-3H3.